The molecular weight excluding hydrogens is 376 g/mol. The van der Waals surface area contributed by atoms with Crippen LogP contribution in [-0.4, -0.2) is 54.4 Å². The molecular formula is C22H24O7. The third-order valence-corrected chi connectivity index (χ3v) is 4.85. The summed E-state index contributed by atoms with van der Waals surface area (Å²) in [4.78, 5) is 25.0. The second-order valence-corrected chi connectivity index (χ2v) is 7.06. The highest BCUT2D eigenvalue weighted by Crippen LogP contribution is 2.36. The zero-order valence-electron chi connectivity index (χ0n) is 16.5. The lowest BCUT2D eigenvalue weighted by Crippen LogP contribution is -2.50. The fourth-order valence-electron chi connectivity index (χ4n) is 3.29. The lowest BCUT2D eigenvalue weighted by Gasteiger charge is -2.30. The molecule has 1 aliphatic rings. The van der Waals surface area contributed by atoms with Crippen molar-refractivity contribution >= 4 is 11.9 Å². The van der Waals surface area contributed by atoms with Crippen LogP contribution in [0.5, 0.6) is 0 Å². The van der Waals surface area contributed by atoms with Crippen molar-refractivity contribution in [2.24, 2.45) is 0 Å². The van der Waals surface area contributed by atoms with Gasteiger partial charge in [0.05, 0.1) is 11.1 Å². The molecule has 0 aliphatic carbocycles. The van der Waals surface area contributed by atoms with Crippen LogP contribution in [0.1, 0.15) is 34.6 Å². The second-order valence-electron chi connectivity index (χ2n) is 7.06. The lowest BCUT2D eigenvalue weighted by atomic mass is 9.95. The molecule has 0 saturated carbocycles. The summed E-state index contributed by atoms with van der Waals surface area (Å²) in [6, 6.07) is 16.9. The van der Waals surface area contributed by atoms with Crippen molar-refractivity contribution in [3.05, 3.63) is 71.8 Å². The van der Waals surface area contributed by atoms with Gasteiger partial charge in [0, 0.05) is 7.11 Å². The average molecular weight is 400 g/mol. The van der Waals surface area contributed by atoms with E-state index < -0.39 is 42.1 Å². The van der Waals surface area contributed by atoms with Crippen LogP contribution >= 0.6 is 0 Å². The number of benzene rings is 2. The van der Waals surface area contributed by atoms with Crippen LogP contribution in [0, 0.1) is 0 Å². The van der Waals surface area contributed by atoms with E-state index in [1.807, 2.05) is 0 Å². The molecule has 0 amide bonds. The van der Waals surface area contributed by atoms with Gasteiger partial charge < -0.3 is 24.1 Å². The van der Waals surface area contributed by atoms with Crippen LogP contribution in [0.15, 0.2) is 60.7 Å². The average Bonchev–Trinajstić information content (AvgIpc) is 2.99. The van der Waals surface area contributed by atoms with E-state index in [0.717, 1.165) is 0 Å². The fraction of sp³-hybridized carbons (Fsp3) is 0.364. The quantitative estimate of drug-likeness (QED) is 0.745. The van der Waals surface area contributed by atoms with E-state index in [9.17, 15) is 14.7 Å². The molecule has 1 N–H and O–H groups in total. The summed E-state index contributed by atoms with van der Waals surface area (Å²) >= 11 is 0. The first-order chi connectivity index (χ1) is 13.8. The Bertz CT molecular complexity index is 835. The standard InChI is InChI=1S/C22H24O7/c1-14(27-19(23)15-10-6-4-7-11-15)17-18(22(2,25)21(26-3)28-17)29-20(24)16-12-8-5-9-13-16/h4-14,17-18,21,25H,1-3H3/t14?,17?,18?,21?,22-/m1/s1. The van der Waals surface area contributed by atoms with Crippen LogP contribution in [0.4, 0.5) is 0 Å². The van der Waals surface area contributed by atoms with Gasteiger partial charge in [0.15, 0.2) is 18.0 Å². The number of carbonyl (C=O) groups is 2. The zero-order chi connectivity index (χ0) is 21.0. The van der Waals surface area contributed by atoms with Gasteiger partial charge in [-0.05, 0) is 38.1 Å². The van der Waals surface area contributed by atoms with Gasteiger partial charge in [-0.25, -0.2) is 9.59 Å². The summed E-state index contributed by atoms with van der Waals surface area (Å²) in [6.45, 7) is 3.07. The molecule has 7 nitrogen and oxygen atoms in total. The van der Waals surface area contributed by atoms with Gasteiger partial charge in [0.25, 0.3) is 0 Å². The molecule has 1 saturated heterocycles. The van der Waals surface area contributed by atoms with E-state index in [0.29, 0.717) is 11.1 Å². The van der Waals surface area contributed by atoms with Crippen molar-refractivity contribution in [1.29, 1.82) is 0 Å². The molecule has 5 atom stereocenters. The van der Waals surface area contributed by atoms with E-state index in [2.05, 4.69) is 0 Å². The minimum Gasteiger partial charge on any atom is -0.456 e. The fourth-order valence-corrected chi connectivity index (χ4v) is 3.29. The molecule has 0 spiro atoms. The Morgan fingerprint density at radius 1 is 1.00 bits per heavy atom. The minimum atomic E-state index is -1.64. The van der Waals surface area contributed by atoms with Crippen LogP contribution in [-0.2, 0) is 18.9 Å². The first-order valence-corrected chi connectivity index (χ1v) is 9.27. The summed E-state index contributed by atoms with van der Waals surface area (Å²) in [5.74, 6) is -1.17. The molecule has 4 unspecified atom stereocenters. The number of hydrogen-bond acceptors (Lipinski definition) is 7. The highest BCUT2D eigenvalue weighted by molar-refractivity contribution is 5.90. The molecule has 0 aromatic heterocycles. The Kier molecular flexibility index (Phi) is 6.32. The third kappa shape index (κ3) is 4.48. The molecule has 0 bridgehead atoms. The van der Waals surface area contributed by atoms with Crippen LogP contribution < -0.4 is 0 Å². The van der Waals surface area contributed by atoms with Gasteiger partial charge in [-0.1, -0.05) is 36.4 Å². The van der Waals surface area contributed by atoms with E-state index >= 15 is 0 Å². The number of methoxy groups -OCH3 is 1. The predicted octanol–water partition coefficient (Wildman–Crippen LogP) is 2.58. The second kappa shape index (κ2) is 8.73. The van der Waals surface area contributed by atoms with Gasteiger partial charge in [-0.3, -0.25) is 0 Å². The Hall–Kier alpha value is -2.74. The maximum atomic E-state index is 12.6. The van der Waals surface area contributed by atoms with Gasteiger partial charge in [-0.15, -0.1) is 0 Å². The highest BCUT2D eigenvalue weighted by Gasteiger charge is 2.58. The lowest BCUT2D eigenvalue weighted by molar-refractivity contribution is -0.190. The first-order valence-electron chi connectivity index (χ1n) is 9.27. The SMILES string of the molecule is COC1OC(C(C)OC(=O)c2ccccc2)C(OC(=O)c2ccccc2)[C@@]1(C)O. The zero-order valence-corrected chi connectivity index (χ0v) is 16.5. The number of rotatable bonds is 6. The van der Waals surface area contributed by atoms with Gasteiger partial charge in [0.1, 0.15) is 12.2 Å². The van der Waals surface area contributed by atoms with Crippen LogP contribution in [0.25, 0.3) is 0 Å². The monoisotopic (exact) mass is 400 g/mol. The van der Waals surface area contributed by atoms with Crippen molar-refractivity contribution < 1.29 is 33.6 Å². The Labute approximate surface area is 169 Å². The summed E-state index contributed by atoms with van der Waals surface area (Å²) in [7, 11) is 1.37. The van der Waals surface area contributed by atoms with Gasteiger partial charge in [-0.2, -0.15) is 0 Å². The van der Waals surface area contributed by atoms with E-state index in [1.54, 1.807) is 67.6 Å². The number of ether oxygens (including phenoxy) is 4. The summed E-state index contributed by atoms with van der Waals surface area (Å²) < 4.78 is 22.0. The Morgan fingerprint density at radius 3 is 2.03 bits per heavy atom. The molecule has 7 heteroatoms. The molecule has 1 heterocycles. The third-order valence-electron chi connectivity index (χ3n) is 4.85. The molecule has 1 aliphatic heterocycles. The van der Waals surface area contributed by atoms with Crippen molar-refractivity contribution in [3.63, 3.8) is 0 Å². The van der Waals surface area contributed by atoms with Crippen molar-refractivity contribution in [3.8, 4) is 0 Å². The van der Waals surface area contributed by atoms with Crippen molar-refractivity contribution in [2.75, 3.05) is 7.11 Å². The van der Waals surface area contributed by atoms with Crippen LogP contribution in [0.3, 0.4) is 0 Å². The normalized spacial score (nSPS) is 27.2. The topological polar surface area (TPSA) is 91.3 Å². The Morgan fingerprint density at radius 2 is 1.52 bits per heavy atom. The number of carbonyl (C=O) groups excluding carboxylic acids is 2. The molecule has 2 aromatic carbocycles. The first kappa shape index (κ1) is 21.0. The smallest absolute Gasteiger partial charge is 0.338 e. The minimum absolute atomic E-state index is 0.330. The number of esters is 2. The molecule has 2 aromatic rings. The van der Waals surface area contributed by atoms with Crippen molar-refractivity contribution in [1.82, 2.24) is 0 Å². The number of aliphatic hydroxyl groups is 1. The van der Waals surface area contributed by atoms with Crippen molar-refractivity contribution in [2.45, 2.75) is 44.1 Å². The molecule has 29 heavy (non-hydrogen) atoms. The molecule has 0 radical (unpaired) electrons. The molecule has 154 valence electrons. The van der Waals surface area contributed by atoms with E-state index in [1.165, 1.54) is 14.0 Å². The number of hydrogen-bond donors (Lipinski definition) is 1. The maximum Gasteiger partial charge on any atom is 0.338 e. The van der Waals surface area contributed by atoms with E-state index in [4.69, 9.17) is 18.9 Å². The molecule has 3 rings (SSSR count). The largest absolute Gasteiger partial charge is 0.456 e. The summed E-state index contributed by atoms with van der Waals surface area (Å²) in [5.41, 5.74) is -0.931. The summed E-state index contributed by atoms with van der Waals surface area (Å²) in [6.07, 6.45) is -3.91. The Balaban J connectivity index is 1.79. The summed E-state index contributed by atoms with van der Waals surface area (Å²) in [5, 5.41) is 10.9. The maximum absolute atomic E-state index is 12.6. The highest BCUT2D eigenvalue weighted by atomic mass is 16.7. The van der Waals surface area contributed by atoms with Gasteiger partial charge in [0.2, 0.25) is 0 Å². The predicted molar refractivity (Wildman–Crippen MR) is 103 cm³/mol. The van der Waals surface area contributed by atoms with E-state index in [-0.39, 0.29) is 0 Å². The molecule has 1 fully saturated rings. The van der Waals surface area contributed by atoms with Gasteiger partial charge >= 0.3 is 11.9 Å². The van der Waals surface area contributed by atoms with Crippen LogP contribution in [0.2, 0.25) is 0 Å².